The van der Waals surface area contributed by atoms with E-state index in [0.717, 1.165) is 0 Å². The van der Waals surface area contributed by atoms with Crippen molar-refractivity contribution in [3.05, 3.63) is 78.3 Å². The molecular weight excluding hydrogens is 584 g/mol. The van der Waals surface area contributed by atoms with Gasteiger partial charge < -0.3 is 10.7 Å². The van der Waals surface area contributed by atoms with Gasteiger partial charge in [-0.15, -0.1) is 0 Å². The molecule has 1 saturated heterocycles. The lowest BCUT2D eigenvalue weighted by Gasteiger charge is -2.25. The Morgan fingerprint density at radius 2 is 1.87 bits per heavy atom. The van der Waals surface area contributed by atoms with E-state index in [0.29, 0.717) is 17.1 Å². The number of sulfone groups is 1. The van der Waals surface area contributed by atoms with Gasteiger partial charge in [-0.1, -0.05) is 30.1 Å². The van der Waals surface area contributed by atoms with E-state index in [-0.39, 0.29) is 33.3 Å². The summed E-state index contributed by atoms with van der Waals surface area (Å²) in [4.78, 5) is 41.7. The number of nitrogens with zero attached hydrogens (tertiary/aromatic N) is 2. The summed E-state index contributed by atoms with van der Waals surface area (Å²) in [7, 11) is -3.79. The minimum absolute atomic E-state index is 0.0119. The molecule has 0 bridgehead atoms. The molecule has 0 aliphatic carbocycles. The SMILES string of the molecule is CCS(=O)(=O)c1ccc(Cl)cc1Cn1c(=O)[nH]c2c(Cl)c(CN3CC[CH][C@@H]3C(N)=O)c(C(F)(F)F)cc2c1=O. The average molecular weight is 606 g/mol. The second-order valence-electron chi connectivity index (χ2n) is 8.96. The maximum atomic E-state index is 14.2. The first kappa shape index (κ1) is 29.1. The van der Waals surface area contributed by atoms with Gasteiger partial charge in [0.05, 0.1) is 44.7 Å². The molecule has 2 heterocycles. The molecule has 2 aromatic carbocycles. The summed E-state index contributed by atoms with van der Waals surface area (Å²) in [5.74, 6) is -1.01. The molecule has 0 saturated carbocycles. The fourth-order valence-corrected chi connectivity index (χ4v) is 6.22. The predicted molar refractivity (Wildman–Crippen MR) is 139 cm³/mol. The quantitative estimate of drug-likeness (QED) is 0.425. The van der Waals surface area contributed by atoms with Crippen LogP contribution in [-0.4, -0.2) is 47.1 Å². The highest BCUT2D eigenvalue weighted by Gasteiger charge is 2.38. The summed E-state index contributed by atoms with van der Waals surface area (Å²) in [5.41, 5.74) is 1.26. The summed E-state index contributed by atoms with van der Waals surface area (Å²) in [6, 6.07) is 3.51. The van der Waals surface area contributed by atoms with Gasteiger partial charge >= 0.3 is 11.9 Å². The molecule has 1 aromatic heterocycles. The van der Waals surface area contributed by atoms with E-state index in [1.165, 1.54) is 30.0 Å². The zero-order valence-electron chi connectivity index (χ0n) is 20.3. The highest BCUT2D eigenvalue weighted by molar-refractivity contribution is 7.91. The van der Waals surface area contributed by atoms with E-state index in [1.807, 2.05) is 0 Å². The van der Waals surface area contributed by atoms with Gasteiger partial charge in [-0.3, -0.25) is 19.1 Å². The standard InChI is InChI=1S/C24H22Cl2F3N4O5S/c1-2-39(37,38)18-6-5-13(25)8-12(18)10-33-22(35)14-9-16(24(27,28)29)15(19(26)20(14)31-23(33)36)11-32-7-3-4-17(32)21(30)34/h4-6,8-9,17H,2-3,7,10-11H2,1H3,(H2,30,34)(H,31,36)/t17-/m1/s1. The highest BCUT2D eigenvalue weighted by atomic mass is 35.5. The van der Waals surface area contributed by atoms with Crippen molar-refractivity contribution in [2.24, 2.45) is 5.73 Å². The lowest BCUT2D eigenvalue weighted by Crippen LogP contribution is -2.40. The number of carbonyl (C=O) groups is 1. The third-order valence-electron chi connectivity index (χ3n) is 6.54. The van der Waals surface area contributed by atoms with Gasteiger partial charge in [0.15, 0.2) is 9.84 Å². The van der Waals surface area contributed by atoms with Crippen molar-refractivity contribution >= 4 is 49.8 Å². The molecule has 0 spiro atoms. The van der Waals surface area contributed by atoms with Crippen LogP contribution in [0.25, 0.3) is 10.9 Å². The van der Waals surface area contributed by atoms with Crippen molar-refractivity contribution in [1.29, 1.82) is 0 Å². The molecular formula is C24H22Cl2F3N4O5S. The Bertz CT molecular complexity index is 1700. The number of hydrogen-bond acceptors (Lipinski definition) is 6. The average Bonchev–Trinajstić information content (AvgIpc) is 3.31. The minimum atomic E-state index is -4.94. The van der Waals surface area contributed by atoms with E-state index >= 15 is 0 Å². The molecule has 3 aromatic rings. The number of rotatable bonds is 7. The van der Waals surface area contributed by atoms with Crippen LogP contribution in [0.2, 0.25) is 10.0 Å². The first-order valence-corrected chi connectivity index (χ1v) is 14.0. The van der Waals surface area contributed by atoms with Crippen LogP contribution in [0.4, 0.5) is 13.2 Å². The van der Waals surface area contributed by atoms with Gasteiger partial charge in [-0.25, -0.2) is 13.2 Å². The number of hydrogen-bond donors (Lipinski definition) is 2. The van der Waals surface area contributed by atoms with Crippen LogP contribution in [0.15, 0.2) is 38.8 Å². The number of nitrogens with one attached hydrogen (secondary N) is 1. The van der Waals surface area contributed by atoms with E-state index < -0.39 is 73.8 Å². The van der Waals surface area contributed by atoms with E-state index in [1.54, 1.807) is 6.42 Å². The number of halogens is 5. The number of primary amides is 1. The Kier molecular flexibility index (Phi) is 7.92. The van der Waals surface area contributed by atoms with Crippen molar-refractivity contribution in [3.63, 3.8) is 0 Å². The molecule has 15 heteroatoms. The van der Waals surface area contributed by atoms with Gasteiger partial charge in [0.2, 0.25) is 5.91 Å². The maximum Gasteiger partial charge on any atom is 0.416 e. The summed E-state index contributed by atoms with van der Waals surface area (Å²) >= 11 is 12.4. The van der Waals surface area contributed by atoms with Crippen LogP contribution >= 0.6 is 23.2 Å². The van der Waals surface area contributed by atoms with Crippen molar-refractivity contribution in [2.45, 2.75) is 43.5 Å². The van der Waals surface area contributed by atoms with Gasteiger partial charge in [-0.2, -0.15) is 13.2 Å². The monoisotopic (exact) mass is 605 g/mol. The number of aromatic amines is 1. The zero-order valence-corrected chi connectivity index (χ0v) is 22.6. The van der Waals surface area contributed by atoms with Crippen LogP contribution in [0.1, 0.15) is 30.0 Å². The molecule has 3 N–H and O–H groups in total. The Morgan fingerprint density at radius 3 is 2.49 bits per heavy atom. The number of nitrogens with two attached hydrogens (primary N) is 1. The number of aromatic nitrogens is 2. The van der Waals surface area contributed by atoms with Gasteiger partial charge in [0.1, 0.15) is 0 Å². The molecule has 1 radical (unpaired) electrons. The number of H-pyrrole nitrogens is 1. The smallest absolute Gasteiger partial charge is 0.368 e. The van der Waals surface area contributed by atoms with Crippen molar-refractivity contribution in [3.8, 4) is 0 Å². The van der Waals surface area contributed by atoms with E-state index in [2.05, 4.69) is 4.98 Å². The number of fused-ring (bicyclic) bond motifs is 1. The summed E-state index contributed by atoms with van der Waals surface area (Å²) in [5, 5.41) is -0.906. The minimum Gasteiger partial charge on any atom is -0.368 e. The number of likely N-dealkylation sites (tertiary alicyclic amines) is 1. The first-order valence-electron chi connectivity index (χ1n) is 11.6. The zero-order chi connectivity index (χ0) is 28.9. The molecule has 209 valence electrons. The molecule has 1 aliphatic heterocycles. The van der Waals surface area contributed by atoms with Crippen molar-refractivity contribution in [1.82, 2.24) is 14.5 Å². The topological polar surface area (TPSA) is 135 Å². The fourth-order valence-electron chi connectivity index (χ4n) is 4.61. The van der Waals surface area contributed by atoms with Crippen molar-refractivity contribution < 1.29 is 26.4 Å². The number of benzene rings is 2. The lowest BCUT2D eigenvalue weighted by molar-refractivity contribution is -0.138. The fraction of sp³-hybridized carbons (Fsp3) is 0.333. The first-order chi connectivity index (χ1) is 18.2. The summed E-state index contributed by atoms with van der Waals surface area (Å²) in [6.45, 7) is 0.663. The van der Waals surface area contributed by atoms with Crippen LogP contribution < -0.4 is 17.0 Å². The van der Waals surface area contributed by atoms with Gasteiger partial charge in [-0.05, 0) is 54.8 Å². The van der Waals surface area contributed by atoms with E-state index in [9.17, 15) is 36.0 Å². The lowest BCUT2D eigenvalue weighted by atomic mass is 10.0. The summed E-state index contributed by atoms with van der Waals surface area (Å²) < 4.78 is 68.2. The normalized spacial score (nSPS) is 16.7. The van der Waals surface area contributed by atoms with Crippen LogP contribution in [0.3, 0.4) is 0 Å². The molecule has 0 unspecified atom stereocenters. The molecule has 1 aliphatic rings. The van der Waals surface area contributed by atoms with Crippen LogP contribution in [-0.2, 0) is 33.9 Å². The maximum absolute atomic E-state index is 14.2. The van der Waals surface area contributed by atoms with Crippen LogP contribution in [0.5, 0.6) is 0 Å². The third kappa shape index (κ3) is 5.58. The third-order valence-corrected chi connectivity index (χ3v) is 9.02. The largest absolute Gasteiger partial charge is 0.416 e. The molecule has 4 rings (SSSR count). The highest BCUT2D eigenvalue weighted by Crippen LogP contribution is 2.39. The van der Waals surface area contributed by atoms with Crippen LogP contribution in [0, 0.1) is 6.42 Å². The number of alkyl halides is 3. The Balaban J connectivity index is 1.91. The molecule has 1 fully saturated rings. The number of amides is 1. The number of carbonyl (C=O) groups excluding carboxylic acids is 1. The van der Waals surface area contributed by atoms with Crippen molar-refractivity contribution in [2.75, 3.05) is 12.3 Å². The van der Waals surface area contributed by atoms with Gasteiger partial charge in [0, 0.05) is 11.6 Å². The Labute approximate surface area is 230 Å². The summed E-state index contributed by atoms with van der Waals surface area (Å²) in [6.07, 6.45) is -2.95. The predicted octanol–water partition coefficient (Wildman–Crippen LogP) is 3.12. The Morgan fingerprint density at radius 1 is 1.18 bits per heavy atom. The molecule has 9 nitrogen and oxygen atoms in total. The van der Waals surface area contributed by atoms with E-state index in [4.69, 9.17) is 28.9 Å². The second kappa shape index (κ2) is 10.6. The second-order valence-corrected chi connectivity index (χ2v) is 12.0. The molecule has 39 heavy (non-hydrogen) atoms. The Hall–Kier alpha value is -2.87. The molecule has 1 amide bonds. The molecule has 1 atom stereocenters. The van der Waals surface area contributed by atoms with Gasteiger partial charge in [0.25, 0.3) is 5.56 Å².